The molecule has 124 valence electrons. The van der Waals surface area contributed by atoms with Crippen molar-refractivity contribution < 1.29 is 13.2 Å². The first-order chi connectivity index (χ1) is 11.1. The van der Waals surface area contributed by atoms with Crippen LogP contribution in [0, 0.1) is 5.92 Å². The number of hydrogen-bond acceptors (Lipinski definition) is 5. The molecule has 0 fully saturated rings. The molecule has 1 unspecified atom stereocenters. The van der Waals surface area contributed by atoms with Crippen LogP contribution in [0.5, 0.6) is 5.88 Å². The van der Waals surface area contributed by atoms with Crippen LogP contribution in [-0.2, 0) is 23.0 Å². The van der Waals surface area contributed by atoms with Gasteiger partial charge in [0, 0.05) is 38.0 Å². The number of ether oxygens (including phenoxy) is 1. The first-order valence-corrected chi connectivity index (χ1v) is 9.15. The number of sulfonamides is 1. The Labute approximate surface area is 135 Å². The van der Waals surface area contributed by atoms with Gasteiger partial charge < -0.3 is 9.30 Å². The molecule has 0 amide bonds. The van der Waals surface area contributed by atoms with Gasteiger partial charge in [0.1, 0.15) is 10.7 Å². The smallest absolute Gasteiger partial charge is 0.242 e. The molecule has 1 atom stereocenters. The van der Waals surface area contributed by atoms with Crippen molar-refractivity contribution in [1.29, 1.82) is 0 Å². The van der Waals surface area contributed by atoms with Crippen LogP contribution >= 0.6 is 0 Å². The minimum atomic E-state index is -3.55. The lowest BCUT2D eigenvalue weighted by atomic mass is 9.98. The second kappa shape index (κ2) is 6.67. The van der Waals surface area contributed by atoms with E-state index in [0.717, 1.165) is 25.2 Å². The highest BCUT2D eigenvalue weighted by molar-refractivity contribution is 7.89. The van der Waals surface area contributed by atoms with Crippen molar-refractivity contribution in [3.05, 3.63) is 36.5 Å². The molecule has 7 nitrogen and oxygen atoms in total. The predicted octanol–water partition coefficient (Wildman–Crippen LogP) is 1.22. The highest BCUT2D eigenvalue weighted by atomic mass is 32.2. The van der Waals surface area contributed by atoms with Gasteiger partial charge in [0.2, 0.25) is 15.9 Å². The summed E-state index contributed by atoms with van der Waals surface area (Å²) in [6, 6.07) is 3.07. The summed E-state index contributed by atoms with van der Waals surface area (Å²) in [6.07, 6.45) is 6.79. The Bertz CT molecular complexity index is 755. The van der Waals surface area contributed by atoms with E-state index in [0.29, 0.717) is 19.0 Å². The Morgan fingerprint density at radius 3 is 3.00 bits per heavy atom. The van der Waals surface area contributed by atoms with Gasteiger partial charge in [-0.25, -0.2) is 23.1 Å². The van der Waals surface area contributed by atoms with Gasteiger partial charge in [0.25, 0.3) is 0 Å². The van der Waals surface area contributed by atoms with E-state index in [1.54, 1.807) is 12.3 Å². The third-order valence-electron chi connectivity index (χ3n) is 3.92. The van der Waals surface area contributed by atoms with E-state index in [4.69, 9.17) is 4.74 Å². The Hall–Kier alpha value is -1.93. The first kappa shape index (κ1) is 15.9. The second-order valence-corrected chi connectivity index (χ2v) is 7.28. The van der Waals surface area contributed by atoms with E-state index in [1.165, 1.54) is 12.3 Å². The lowest BCUT2D eigenvalue weighted by Gasteiger charge is -2.23. The molecule has 0 bridgehead atoms. The van der Waals surface area contributed by atoms with E-state index in [9.17, 15) is 8.42 Å². The van der Waals surface area contributed by atoms with Crippen LogP contribution in [-0.4, -0.2) is 36.1 Å². The fourth-order valence-electron chi connectivity index (χ4n) is 2.66. The van der Waals surface area contributed by atoms with Crippen molar-refractivity contribution in [2.24, 2.45) is 5.92 Å². The number of imidazole rings is 1. The zero-order valence-corrected chi connectivity index (χ0v) is 13.8. The number of aromatic nitrogens is 3. The molecular weight excluding hydrogens is 316 g/mol. The maximum absolute atomic E-state index is 12.3. The van der Waals surface area contributed by atoms with Crippen molar-refractivity contribution in [2.45, 2.75) is 31.2 Å². The molecule has 1 aliphatic rings. The third-order valence-corrected chi connectivity index (χ3v) is 5.33. The highest BCUT2D eigenvalue weighted by Crippen LogP contribution is 2.19. The van der Waals surface area contributed by atoms with Crippen molar-refractivity contribution in [2.75, 3.05) is 13.2 Å². The predicted molar refractivity (Wildman–Crippen MR) is 84.6 cm³/mol. The zero-order valence-electron chi connectivity index (χ0n) is 13.0. The fourth-order valence-corrected chi connectivity index (χ4v) is 3.72. The summed E-state index contributed by atoms with van der Waals surface area (Å²) < 4.78 is 34.7. The molecule has 0 radical (unpaired) electrons. The first-order valence-electron chi connectivity index (χ1n) is 7.67. The third kappa shape index (κ3) is 3.70. The monoisotopic (exact) mass is 336 g/mol. The Morgan fingerprint density at radius 1 is 1.39 bits per heavy atom. The van der Waals surface area contributed by atoms with Crippen LogP contribution in [0.3, 0.4) is 0 Å². The average Bonchev–Trinajstić information content (AvgIpc) is 3.01. The molecule has 0 spiro atoms. The average molecular weight is 336 g/mol. The number of pyridine rings is 1. The number of hydrogen-bond donors (Lipinski definition) is 1. The Morgan fingerprint density at radius 2 is 2.26 bits per heavy atom. The largest absolute Gasteiger partial charge is 0.478 e. The standard InChI is InChI=1S/C15H20N4O3S/c1-2-22-15-4-3-13(11-17-15)23(20,21)18-10-12-5-7-19-8-6-16-14(19)9-12/h3-4,6,8,11-12,18H,2,5,7,9-10H2,1H3. The summed E-state index contributed by atoms with van der Waals surface area (Å²) >= 11 is 0. The van der Waals surface area contributed by atoms with E-state index in [-0.39, 0.29) is 10.8 Å². The van der Waals surface area contributed by atoms with E-state index in [1.807, 2.05) is 13.1 Å². The number of nitrogens with zero attached hydrogens (tertiary/aromatic N) is 3. The molecule has 0 aromatic carbocycles. The van der Waals surface area contributed by atoms with Crippen LogP contribution in [0.25, 0.3) is 0 Å². The molecule has 0 saturated carbocycles. The van der Waals surface area contributed by atoms with Crippen molar-refractivity contribution in [1.82, 2.24) is 19.3 Å². The van der Waals surface area contributed by atoms with Gasteiger partial charge in [-0.3, -0.25) is 0 Å². The number of nitrogens with one attached hydrogen (secondary N) is 1. The van der Waals surface area contributed by atoms with Gasteiger partial charge in [-0.05, 0) is 25.3 Å². The molecule has 0 saturated heterocycles. The molecule has 8 heteroatoms. The number of rotatable bonds is 6. The lowest BCUT2D eigenvalue weighted by Crippen LogP contribution is -2.33. The van der Waals surface area contributed by atoms with Crippen LogP contribution < -0.4 is 9.46 Å². The van der Waals surface area contributed by atoms with Crippen molar-refractivity contribution >= 4 is 10.0 Å². The topological polar surface area (TPSA) is 86.1 Å². The van der Waals surface area contributed by atoms with Gasteiger partial charge in [-0.15, -0.1) is 0 Å². The minimum absolute atomic E-state index is 0.151. The summed E-state index contributed by atoms with van der Waals surface area (Å²) in [5.74, 6) is 1.70. The minimum Gasteiger partial charge on any atom is -0.478 e. The number of aryl methyl sites for hydroxylation is 1. The van der Waals surface area contributed by atoms with Crippen molar-refractivity contribution in [3.8, 4) is 5.88 Å². The van der Waals surface area contributed by atoms with Gasteiger partial charge in [-0.1, -0.05) is 0 Å². The maximum atomic E-state index is 12.3. The van der Waals surface area contributed by atoms with Crippen LogP contribution in [0.15, 0.2) is 35.6 Å². The Kier molecular flexibility index (Phi) is 4.63. The summed E-state index contributed by atoms with van der Waals surface area (Å²) in [5, 5.41) is 0. The molecule has 3 rings (SSSR count). The summed E-state index contributed by atoms with van der Waals surface area (Å²) in [4.78, 5) is 8.45. The molecule has 1 N–H and O–H groups in total. The van der Waals surface area contributed by atoms with Crippen LogP contribution in [0.1, 0.15) is 19.2 Å². The van der Waals surface area contributed by atoms with Crippen LogP contribution in [0.2, 0.25) is 0 Å². The van der Waals surface area contributed by atoms with Gasteiger partial charge >= 0.3 is 0 Å². The van der Waals surface area contributed by atoms with E-state index in [2.05, 4.69) is 19.3 Å². The molecule has 23 heavy (non-hydrogen) atoms. The quantitative estimate of drug-likeness (QED) is 0.857. The summed E-state index contributed by atoms with van der Waals surface area (Å²) in [7, 11) is -3.55. The second-order valence-electron chi connectivity index (χ2n) is 5.51. The van der Waals surface area contributed by atoms with Crippen LogP contribution in [0.4, 0.5) is 0 Å². The molecule has 2 aromatic rings. The number of fused-ring (bicyclic) bond motifs is 1. The van der Waals surface area contributed by atoms with Gasteiger partial charge in [0.15, 0.2) is 0 Å². The lowest BCUT2D eigenvalue weighted by molar-refractivity contribution is 0.326. The molecule has 1 aliphatic heterocycles. The maximum Gasteiger partial charge on any atom is 0.242 e. The fraction of sp³-hybridized carbons (Fsp3) is 0.467. The van der Waals surface area contributed by atoms with Gasteiger partial charge in [0.05, 0.1) is 12.8 Å². The molecule has 2 aromatic heterocycles. The SMILES string of the molecule is CCOc1ccc(S(=O)(=O)NCC2CCn3ccnc3C2)cn1. The summed E-state index contributed by atoms with van der Waals surface area (Å²) in [5.41, 5.74) is 0. The van der Waals surface area contributed by atoms with E-state index < -0.39 is 10.0 Å². The molecular formula is C15H20N4O3S. The van der Waals surface area contributed by atoms with Crippen molar-refractivity contribution in [3.63, 3.8) is 0 Å². The molecule has 0 aliphatic carbocycles. The molecule has 3 heterocycles. The van der Waals surface area contributed by atoms with Gasteiger partial charge in [-0.2, -0.15) is 0 Å². The highest BCUT2D eigenvalue weighted by Gasteiger charge is 2.22. The van der Waals surface area contributed by atoms with E-state index >= 15 is 0 Å². The normalized spacial score (nSPS) is 17.7. The summed E-state index contributed by atoms with van der Waals surface area (Å²) in [6.45, 7) is 3.63. The zero-order chi connectivity index (χ0) is 16.3. The Balaban J connectivity index is 1.60.